The largest absolute Gasteiger partial charge is 0.307 e. The SMILES string of the molecule is CNC(c1ccn(C)n1)c1ccc(Cl)s1. The van der Waals surface area contributed by atoms with E-state index in [0.29, 0.717) is 0 Å². The lowest BCUT2D eigenvalue weighted by molar-refractivity contribution is 0.650. The maximum Gasteiger partial charge on any atom is 0.0931 e. The van der Waals surface area contributed by atoms with Gasteiger partial charge >= 0.3 is 0 Å². The molecule has 0 radical (unpaired) electrons. The van der Waals surface area contributed by atoms with Gasteiger partial charge in [-0.15, -0.1) is 11.3 Å². The fourth-order valence-electron chi connectivity index (χ4n) is 1.51. The van der Waals surface area contributed by atoms with Gasteiger partial charge in [0.1, 0.15) is 0 Å². The van der Waals surface area contributed by atoms with Gasteiger partial charge in [0.15, 0.2) is 0 Å². The monoisotopic (exact) mass is 241 g/mol. The molecule has 0 aromatic carbocycles. The van der Waals surface area contributed by atoms with Gasteiger partial charge in [0.05, 0.1) is 16.1 Å². The molecule has 0 saturated heterocycles. The van der Waals surface area contributed by atoms with E-state index in [1.54, 1.807) is 16.0 Å². The van der Waals surface area contributed by atoms with Crippen LogP contribution in [-0.4, -0.2) is 16.8 Å². The van der Waals surface area contributed by atoms with Gasteiger partial charge in [0.2, 0.25) is 0 Å². The van der Waals surface area contributed by atoms with E-state index in [4.69, 9.17) is 11.6 Å². The smallest absolute Gasteiger partial charge is 0.0931 e. The summed E-state index contributed by atoms with van der Waals surface area (Å²) in [7, 11) is 3.84. The second-order valence-corrected chi connectivity index (χ2v) is 5.02. The number of nitrogens with zero attached hydrogens (tertiary/aromatic N) is 2. The molecule has 0 saturated carbocycles. The third-order valence-electron chi connectivity index (χ3n) is 2.20. The molecule has 2 aromatic rings. The molecule has 0 spiro atoms. The summed E-state index contributed by atoms with van der Waals surface area (Å²) in [5.74, 6) is 0. The van der Waals surface area contributed by atoms with Gasteiger partial charge in [-0.3, -0.25) is 4.68 Å². The Bertz CT molecular complexity index is 409. The minimum atomic E-state index is 0.128. The van der Waals surface area contributed by atoms with Crippen LogP contribution >= 0.6 is 22.9 Å². The minimum absolute atomic E-state index is 0.128. The maximum atomic E-state index is 5.92. The van der Waals surface area contributed by atoms with Crippen molar-refractivity contribution in [2.75, 3.05) is 7.05 Å². The molecule has 0 aliphatic heterocycles. The highest BCUT2D eigenvalue weighted by molar-refractivity contribution is 7.16. The molecule has 2 aromatic heterocycles. The summed E-state index contributed by atoms with van der Waals surface area (Å²) >= 11 is 7.50. The van der Waals surface area contributed by atoms with Crippen LogP contribution in [-0.2, 0) is 7.05 Å². The zero-order valence-corrected chi connectivity index (χ0v) is 10.1. The average molecular weight is 242 g/mol. The van der Waals surface area contributed by atoms with Crippen molar-refractivity contribution in [3.05, 3.63) is 39.3 Å². The van der Waals surface area contributed by atoms with Crippen molar-refractivity contribution >= 4 is 22.9 Å². The Morgan fingerprint density at radius 1 is 1.47 bits per heavy atom. The first-order valence-corrected chi connectivity index (χ1v) is 5.82. The number of thiophene rings is 1. The zero-order valence-electron chi connectivity index (χ0n) is 8.57. The molecule has 0 bridgehead atoms. The van der Waals surface area contributed by atoms with Gasteiger partial charge in [-0.05, 0) is 25.2 Å². The predicted molar refractivity (Wildman–Crippen MR) is 63.4 cm³/mol. The van der Waals surface area contributed by atoms with Crippen LogP contribution in [0, 0.1) is 0 Å². The fourth-order valence-corrected chi connectivity index (χ4v) is 2.69. The highest BCUT2D eigenvalue weighted by atomic mass is 35.5. The van der Waals surface area contributed by atoms with Crippen molar-refractivity contribution in [2.45, 2.75) is 6.04 Å². The molecule has 15 heavy (non-hydrogen) atoms. The minimum Gasteiger partial charge on any atom is -0.307 e. The predicted octanol–water partition coefficient (Wildman–Crippen LogP) is 2.44. The Kier molecular flexibility index (Phi) is 3.09. The van der Waals surface area contributed by atoms with Gasteiger partial charge < -0.3 is 5.32 Å². The summed E-state index contributed by atoms with van der Waals surface area (Å²) in [6.45, 7) is 0. The zero-order chi connectivity index (χ0) is 10.8. The molecule has 1 N–H and O–H groups in total. The second kappa shape index (κ2) is 4.35. The Morgan fingerprint density at radius 3 is 2.73 bits per heavy atom. The first-order chi connectivity index (χ1) is 7.20. The van der Waals surface area contributed by atoms with Crippen LogP contribution in [0.1, 0.15) is 16.6 Å². The number of rotatable bonds is 3. The topological polar surface area (TPSA) is 29.9 Å². The Balaban J connectivity index is 2.32. The molecule has 80 valence electrons. The van der Waals surface area contributed by atoms with Gasteiger partial charge in [-0.1, -0.05) is 11.6 Å². The molecule has 2 heterocycles. The fraction of sp³-hybridized carbons (Fsp3) is 0.300. The molecule has 0 amide bonds. The normalized spacial score (nSPS) is 13.0. The number of hydrogen-bond donors (Lipinski definition) is 1. The van der Waals surface area contributed by atoms with Gasteiger partial charge in [0.25, 0.3) is 0 Å². The number of aromatic nitrogens is 2. The van der Waals surface area contributed by atoms with E-state index in [9.17, 15) is 0 Å². The van der Waals surface area contributed by atoms with E-state index in [1.165, 1.54) is 4.88 Å². The first-order valence-electron chi connectivity index (χ1n) is 4.62. The molecule has 2 rings (SSSR count). The van der Waals surface area contributed by atoms with Crippen molar-refractivity contribution in [3.63, 3.8) is 0 Å². The quantitative estimate of drug-likeness (QED) is 0.895. The van der Waals surface area contributed by atoms with Gasteiger partial charge in [-0.2, -0.15) is 5.10 Å². The van der Waals surface area contributed by atoms with Gasteiger partial charge in [-0.25, -0.2) is 0 Å². The molecular formula is C10H12ClN3S. The molecule has 0 fully saturated rings. The Hall–Kier alpha value is -0.840. The summed E-state index contributed by atoms with van der Waals surface area (Å²) in [5.41, 5.74) is 1.01. The van der Waals surface area contributed by atoms with E-state index in [2.05, 4.69) is 10.4 Å². The van der Waals surface area contributed by atoms with E-state index in [-0.39, 0.29) is 6.04 Å². The summed E-state index contributed by atoms with van der Waals surface area (Å²) in [4.78, 5) is 1.18. The third kappa shape index (κ3) is 2.22. The molecule has 0 aliphatic rings. The molecule has 1 unspecified atom stereocenters. The molecule has 5 heteroatoms. The van der Waals surface area contributed by atoms with Crippen LogP contribution in [0.5, 0.6) is 0 Å². The first kappa shape index (κ1) is 10.7. The van der Waals surface area contributed by atoms with Crippen molar-refractivity contribution in [1.82, 2.24) is 15.1 Å². The third-order valence-corrected chi connectivity index (χ3v) is 3.49. The van der Waals surface area contributed by atoms with Crippen molar-refractivity contribution in [1.29, 1.82) is 0 Å². The van der Waals surface area contributed by atoms with Crippen LogP contribution in [0.2, 0.25) is 4.34 Å². The van der Waals surface area contributed by atoms with Crippen LogP contribution in [0.25, 0.3) is 0 Å². The van der Waals surface area contributed by atoms with Crippen molar-refractivity contribution in [2.24, 2.45) is 7.05 Å². The Morgan fingerprint density at radius 2 is 2.27 bits per heavy atom. The summed E-state index contributed by atoms with van der Waals surface area (Å²) in [5, 5.41) is 7.62. The highest BCUT2D eigenvalue weighted by Gasteiger charge is 2.16. The van der Waals surface area contributed by atoms with Crippen LogP contribution in [0.3, 0.4) is 0 Å². The van der Waals surface area contributed by atoms with Crippen LogP contribution in [0.15, 0.2) is 24.4 Å². The maximum absolute atomic E-state index is 5.92. The average Bonchev–Trinajstić information content (AvgIpc) is 2.78. The highest BCUT2D eigenvalue weighted by Crippen LogP contribution is 2.29. The second-order valence-electron chi connectivity index (χ2n) is 3.28. The summed E-state index contributed by atoms with van der Waals surface area (Å²) in [6, 6.07) is 6.08. The Labute approximate surface area is 97.7 Å². The lowest BCUT2D eigenvalue weighted by atomic mass is 10.2. The number of aryl methyl sites for hydroxylation is 1. The number of nitrogens with one attached hydrogen (secondary N) is 1. The lowest BCUT2D eigenvalue weighted by Gasteiger charge is -2.10. The molecule has 3 nitrogen and oxygen atoms in total. The van der Waals surface area contributed by atoms with Crippen molar-refractivity contribution < 1.29 is 0 Å². The van der Waals surface area contributed by atoms with E-state index in [1.807, 2.05) is 38.5 Å². The molecule has 0 aliphatic carbocycles. The lowest BCUT2D eigenvalue weighted by Crippen LogP contribution is -2.17. The van der Waals surface area contributed by atoms with E-state index >= 15 is 0 Å². The van der Waals surface area contributed by atoms with Crippen LogP contribution < -0.4 is 5.32 Å². The van der Waals surface area contributed by atoms with E-state index < -0.39 is 0 Å². The standard InChI is InChI=1S/C10H12ClN3S/c1-12-10(7-5-6-14(2)13-7)8-3-4-9(11)15-8/h3-6,10,12H,1-2H3. The van der Waals surface area contributed by atoms with Gasteiger partial charge in [0, 0.05) is 18.1 Å². The van der Waals surface area contributed by atoms with Crippen LogP contribution in [0.4, 0.5) is 0 Å². The van der Waals surface area contributed by atoms with Crippen molar-refractivity contribution in [3.8, 4) is 0 Å². The van der Waals surface area contributed by atoms with E-state index in [0.717, 1.165) is 10.0 Å². The molecule has 1 atom stereocenters. The number of hydrogen-bond acceptors (Lipinski definition) is 3. The molecular weight excluding hydrogens is 230 g/mol. The number of halogens is 1. The summed E-state index contributed by atoms with van der Waals surface area (Å²) < 4.78 is 2.61. The summed E-state index contributed by atoms with van der Waals surface area (Å²) in [6.07, 6.45) is 1.94.